The highest BCUT2D eigenvalue weighted by molar-refractivity contribution is 6.31. The zero-order valence-electron chi connectivity index (χ0n) is 15.6. The van der Waals surface area contributed by atoms with Crippen molar-refractivity contribution in [1.82, 2.24) is 4.98 Å². The lowest BCUT2D eigenvalue weighted by Gasteiger charge is -2.18. The van der Waals surface area contributed by atoms with Crippen LogP contribution in [0.2, 0.25) is 5.02 Å². The van der Waals surface area contributed by atoms with E-state index < -0.39 is 6.10 Å². The molecular weight excluding hydrogens is 368 g/mol. The average molecular weight is 392 g/mol. The number of H-pyrrole nitrogens is 1. The molecule has 3 aromatic carbocycles. The Morgan fingerprint density at radius 2 is 1.54 bits per heavy atom. The summed E-state index contributed by atoms with van der Waals surface area (Å²) in [6, 6.07) is 26.2. The molecule has 1 heterocycles. The number of para-hydroxylation sites is 1. The van der Waals surface area contributed by atoms with Crippen molar-refractivity contribution >= 4 is 22.5 Å². The van der Waals surface area contributed by atoms with Crippen molar-refractivity contribution < 1.29 is 10.4 Å². The highest BCUT2D eigenvalue weighted by Gasteiger charge is 2.22. The predicted octanol–water partition coefficient (Wildman–Crippen LogP) is 4.25. The molecule has 3 nitrogen and oxygen atoms in total. The van der Waals surface area contributed by atoms with Crippen molar-refractivity contribution in [2.45, 2.75) is 12.0 Å². The van der Waals surface area contributed by atoms with Crippen LogP contribution >= 0.6 is 11.6 Å². The van der Waals surface area contributed by atoms with Gasteiger partial charge in [-0.1, -0.05) is 78.3 Å². The quantitative estimate of drug-likeness (QED) is 0.433. The van der Waals surface area contributed by atoms with Crippen LogP contribution in [0, 0.1) is 0 Å². The summed E-state index contributed by atoms with van der Waals surface area (Å²) < 4.78 is 0. The number of quaternary nitrogens is 1. The molecular formula is C24H24ClN2O+. The van der Waals surface area contributed by atoms with E-state index in [1.807, 2.05) is 54.6 Å². The van der Waals surface area contributed by atoms with Gasteiger partial charge < -0.3 is 15.4 Å². The number of nitrogens with one attached hydrogen (secondary N) is 1. The van der Waals surface area contributed by atoms with Crippen molar-refractivity contribution in [2.75, 3.05) is 13.1 Å². The molecule has 4 N–H and O–H groups in total. The molecule has 0 radical (unpaired) electrons. The van der Waals surface area contributed by atoms with Crippen LogP contribution in [-0.2, 0) is 0 Å². The number of hydrogen-bond acceptors (Lipinski definition) is 1. The molecule has 0 bridgehead atoms. The highest BCUT2D eigenvalue weighted by atomic mass is 35.5. The number of benzene rings is 3. The monoisotopic (exact) mass is 391 g/mol. The van der Waals surface area contributed by atoms with Gasteiger partial charge in [-0.2, -0.15) is 0 Å². The smallest absolute Gasteiger partial charge is 0.128 e. The van der Waals surface area contributed by atoms with E-state index in [9.17, 15) is 5.11 Å². The van der Waals surface area contributed by atoms with Gasteiger partial charge in [0.05, 0.1) is 12.5 Å². The molecule has 2 atom stereocenters. The van der Waals surface area contributed by atoms with Gasteiger partial charge in [0.1, 0.15) is 12.6 Å². The van der Waals surface area contributed by atoms with Crippen molar-refractivity contribution in [3.63, 3.8) is 0 Å². The van der Waals surface area contributed by atoms with Gasteiger partial charge in [0.2, 0.25) is 0 Å². The zero-order valence-corrected chi connectivity index (χ0v) is 16.3. The number of aliphatic hydroxyl groups excluding tert-OH is 1. The Morgan fingerprint density at radius 3 is 2.36 bits per heavy atom. The highest BCUT2D eigenvalue weighted by Crippen LogP contribution is 2.33. The minimum Gasteiger partial charge on any atom is -0.382 e. The van der Waals surface area contributed by atoms with E-state index in [1.165, 1.54) is 10.9 Å². The first kappa shape index (κ1) is 18.8. The second-order valence-corrected chi connectivity index (χ2v) is 7.46. The Balaban J connectivity index is 1.58. The second kappa shape index (κ2) is 8.61. The fourth-order valence-corrected chi connectivity index (χ4v) is 4.06. The van der Waals surface area contributed by atoms with Crippen LogP contribution in [-0.4, -0.2) is 23.2 Å². The Hall–Kier alpha value is -2.59. The summed E-state index contributed by atoms with van der Waals surface area (Å²) in [5, 5.41) is 14.7. The number of rotatable bonds is 7. The number of hydrogen-bond donors (Lipinski definition) is 3. The SMILES string of the molecule is O[C@H](C[NH2+]C[C@@H](c1ccccc1Cl)c1c[nH]c2ccccc12)c1ccccc1. The van der Waals surface area contributed by atoms with Crippen molar-refractivity contribution in [1.29, 1.82) is 0 Å². The molecule has 0 fully saturated rings. The topological polar surface area (TPSA) is 52.6 Å². The Bertz CT molecular complexity index is 1040. The van der Waals surface area contributed by atoms with Crippen LogP contribution in [0.15, 0.2) is 85.1 Å². The lowest BCUT2D eigenvalue weighted by molar-refractivity contribution is -0.663. The molecule has 0 aliphatic heterocycles. The maximum Gasteiger partial charge on any atom is 0.128 e. The first-order valence-electron chi connectivity index (χ1n) is 9.59. The van der Waals surface area contributed by atoms with E-state index in [-0.39, 0.29) is 5.92 Å². The lowest BCUT2D eigenvalue weighted by Crippen LogP contribution is -2.86. The summed E-state index contributed by atoms with van der Waals surface area (Å²) in [4.78, 5) is 3.38. The Morgan fingerprint density at radius 1 is 0.821 bits per heavy atom. The molecule has 0 saturated heterocycles. The third-order valence-corrected chi connectivity index (χ3v) is 5.60. The predicted molar refractivity (Wildman–Crippen MR) is 115 cm³/mol. The summed E-state index contributed by atoms with van der Waals surface area (Å²) in [5.41, 5.74) is 4.41. The third kappa shape index (κ3) is 3.97. The van der Waals surface area contributed by atoms with Crippen molar-refractivity contribution in [2.24, 2.45) is 0 Å². The van der Waals surface area contributed by atoms with E-state index in [1.54, 1.807) is 0 Å². The summed E-state index contributed by atoms with van der Waals surface area (Å²) in [7, 11) is 0. The first-order valence-corrected chi connectivity index (χ1v) is 9.97. The van der Waals surface area contributed by atoms with Crippen LogP contribution in [0.25, 0.3) is 10.9 Å². The zero-order chi connectivity index (χ0) is 19.3. The molecule has 0 aliphatic carbocycles. The summed E-state index contributed by atoms with van der Waals surface area (Å²) in [5.74, 6) is 0.132. The van der Waals surface area contributed by atoms with E-state index in [2.05, 4.69) is 40.8 Å². The lowest BCUT2D eigenvalue weighted by atomic mass is 9.90. The number of halogens is 1. The molecule has 4 heteroatoms. The fraction of sp³-hybridized carbons (Fsp3) is 0.167. The number of aromatic amines is 1. The third-order valence-electron chi connectivity index (χ3n) is 5.25. The maximum atomic E-state index is 10.5. The van der Waals surface area contributed by atoms with Gasteiger partial charge >= 0.3 is 0 Å². The number of nitrogens with two attached hydrogens (primary N) is 1. The second-order valence-electron chi connectivity index (χ2n) is 7.05. The molecule has 0 spiro atoms. The number of aliphatic hydroxyl groups is 1. The summed E-state index contributed by atoms with van der Waals surface area (Å²) in [6.07, 6.45) is 1.59. The van der Waals surface area contributed by atoms with E-state index in [4.69, 9.17) is 11.6 Å². The normalized spacial score (nSPS) is 13.5. The Kier molecular flexibility index (Phi) is 5.77. The van der Waals surface area contributed by atoms with Crippen molar-refractivity contribution in [3.8, 4) is 0 Å². The van der Waals surface area contributed by atoms with Gasteiger partial charge in [-0.25, -0.2) is 0 Å². The minimum absolute atomic E-state index is 0.132. The number of fused-ring (bicyclic) bond motifs is 1. The molecule has 4 aromatic rings. The van der Waals surface area contributed by atoms with E-state index >= 15 is 0 Å². The number of aromatic nitrogens is 1. The molecule has 28 heavy (non-hydrogen) atoms. The first-order chi connectivity index (χ1) is 13.7. The maximum absolute atomic E-state index is 10.5. The van der Waals surface area contributed by atoms with Gasteiger partial charge in [-0.15, -0.1) is 0 Å². The van der Waals surface area contributed by atoms with Crippen molar-refractivity contribution in [3.05, 3.63) is 107 Å². The standard InChI is InChI=1S/C24H23ClN2O/c25-22-12-6-4-10-18(22)20(21-15-27-23-13-7-5-11-19(21)23)14-26-16-24(28)17-8-2-1-3-9-17/h1-13,15,20,24,26-28H,14,16H2/p+1/t20-,24+/m0/s1. The molecule has 0 aliphatic rings. The Labute approximate surface area is 170 Å². The molecule has 1 aromatic heterocycles. The van der Waals surface area contributed by atoms with E-state index in [0.717, 1.165) is 28.2 Å². The fourth-order valence-electron chi connectivity index (χ4n) is 3.79. The molecule has 4 rings (SSSR count). The molecule has 0 saturated carbocycles. The minimum atomic E-state index is -0.490. The van der Waals surface area contributed by atoms with Crippen LogP contribution in [0.1, 0.15) is 28.7 Å². The van der Waals surface area contributed by atoms with Crippen LogP contribution in [0.4, 0.5) is 0 Å². The molecule has 0 amide bonds. The largest absolute Gasteiger partial charge is 0.382 e. The van der Waals surface area contributed by atoms with Gasteiger partial charge in [-0.3, -0.25) is 0 Å². The van der Waals surface area contributed by atoms with Gasteiger partial charge in [0.15, 0.2) is 0 Å². The molecule has 0 unspecified atom stereocenters. The van der Waals surface area contributed by atoms with E-state index in [0.29, 0.717) is 6.54 Å². The summed E-state index contributed by atoms with van der Waals surface area (Å²) >= 11 is 6.55. The van der Waals surface area contributed by atoms with Crippen LogP contribution in [0.3, 0.4) is 0 Å². The molecule has 142 valence electrons. The van der Waals surface area contributed by atoms with Gasteiger partial charge in [0, 0.05) is 22.1 Å². The van der Waals surface area contributed by atoms with Crippen LogP contribution in [0.5, 0.6) is 0 Å². The van der Waals surface area contributed by atoms with Gasteiger partial charge in [-0.05, 0) is 28.8 Å². The van der Waals surface area contributed by atoms with Gasteiger partial charge in [0.25, 0.3) is 0 Å². The average Bonchev–Trinajstić information content (AvgIpc) is 3.16. The summed E-state index contributed by atoms with van der Waals surface area (Å²) in [6.45, 7) is 1.41. The van der Waals surface area contributed by atoms with Crippen LogP contribution < -0.4 is 5.32 Å².